The van der Waals surface area contributed by atoms with Crippen molar-refractivity contribution in [3.63, 3.8) is 0 Å². The summed E-state index contributed by atoms with van der Waals surface area (Å²) in [6, 6.07) is 0.529. The zero-order valence-electron chi connectivity index (χ0n) is 6.93. The third kappa shape index (κ3) is 4.37. The topological polar surface area (TPSA) is 3.24 Å². The first kappa shape index (κ1) is 13.2. The highest BCUT2D eigenvalue weighted by Gasteiger charge is 2.06. The standard InChI is InChI=1S/C7H16ClN.ClH/c1-4-9(5-2)7(3)6-8;/h7H,4-6H2,1-3H3;1H/t7-;/m0./s1. The molecule has 0 N–H and O–H groups in total. The van der Waals surface area contributed by atoms with Crippen molar-refractivity contribution >= 4 is 24.0 Å². The summed E-state index contributed by atoms with van der Waals surface area (Å²) >= 11 is 5.66. The molecule has 0 aliphatic rings. The molecule has 0 unspecified atom stereocenters. The van der Waals surface area contributed by atoms with Crippen molar-refractivity contribution in [2.75, 3.05) is 19.0 Å². The van der Waals surface area contributed by atoms with Crippen LogP contribution in [-0.2, 0) is 0 Å². The molecule has 0 aromatic carbocycles. The van der Waals surface area contributed by atoms with Gasteiger partial charge < -0.3 is 4.90 Å². The van der Waals surface area contributed by atoms with Crippen molar-refractivity contribution in [1.29, 1.82) is 0 Å². The van der Waals surface area contributed by atoms with E-state index in [-0.39, 0.29) is 12.4 Å². The molecule has 0 bridgehead atoms. The quantitative estimate of drug-likeness (QED) is 0.609. The van der Waals surface area contributed by atoms with Crippen LogP contribution in [-0.4, -0.2) is 29.9 Å². The van der Waals surface area contributed by atoms with E-state index in [0.29, 0.717) is 6.04 Å². The van der Waals surface area contributed by atoms with Crippen molar-refractivity contribution in [2.45, 2.75) is 26.8 Å². The van der Waals surface area contributed by atoms with Gasteiger partial charge in [-0.15, -0.1) is 24.0 Å². The molecule has 0 fully saturated rings. The van der Waals surface area contributed by atoms with Gasteiger partial charge in [-0.05, 0) is 20.0 Å². The molecule has 0 heterocycles. The summed E-state index contributed by atoms with van der Waals surface area (Å²) in [5, 5.41) is 0. The van der Waals surface area contributed by atoms with Gasteiger partial charge in [0, 0.05) is 11.9 Å². The summed E-state index contributed by atoms with van der Waals surface area (Å²) in [5.74, 6) is 0.738. The van der Waals surface area contributed by atoms with Crippen LogP contribution in [0.25, 0.3) is 0 Å². The van der Waals surface area contributed by atoms with Crippen LogP contribution in [0.4, 0.5) is 0 Å². The number of hydrogen-bond donors (Lipinski definition) is 0. The lowest BCUT2D eigenvalue weighted by atomic mass is 10.3. The molecule has 0 aromatic heterocycles. The minimum Gasteiger partial charge on any atom is -0.300 e. The second kappa shape index (κ2) is 7.64. The largest absolute Gasteiger partial charge is 0.300 e. The molecule has 0 saturated carbocycles. The molecular formula is C7H17Cl2N. The van der Waals surface area contributed by atoms with Crippen LogP contribution >= 0.6 is 24.0 Å². The van der Waals surface area contributed by atoms with Crippen LogP contribution in [0.5, 0.6) is 0 Å². The fourth-order valence-electron chi connectivity index (χ4n) is 0.945. The first-order valence-electron chi connectivity index (χ1n) is 3.56. The molecule has 0 aliphatic heterocycles. The fraction of sp³-hybridized carbons (Fsp3) is 1.00. The summed E-state index contributed by atoms with van der Waals surface area (Å²) in [4.78, 5) is 2.34. The van der Waals surface area contributed by atoms with E-state index in [0.717, 1.165) is 19.0 Å². The third-order valence-electron chi connectivity index (χ3n) is 1.66. The first-order valence-corrected chi connectivity index (χ1v) is 4.09. The van der Waals surface area contributed by atoms with Gasteiger partial charge in [0.2, 0.25) is 0 Å². The molecule has 0 aromatic rings. The Morgan fingerprint density at radius 1 is 1.30 bits per heavy atom. The van der Waals surface area contributed by atoms with Crippen molar-refractivity contribution < 1.29 is 0 Å². The van der Waals surface area contributed by atoms with E-state index in [9.17, 15) is 0 Å². The Morgan fingerprint density at radius 2 is 1.70 bits per heavy atom. The van der Waals surface area contributed by atoms with Gasteiger partial charge in [0.05, 0.1) is 0 Å². The van der Waals surface area contributed by atoms with Crippen LogP contribution in [0.1, 0.15) is 20.8 Å². The van der Waals surface area contributed by atoms with Crippen LogP contribution < -0.4 is 0 Å². The maximum atomic E-state index is 5.66. The second-order valence-electron chi connectivity index (χ2n) is 2.22. The molecule has 0 radical (unpaired) electrons. The fourth-order valence-corrected chi connectivity index (χ4v) is 1.14. The normalized spacial score (nSPS) is 12.9. The van der Waals surface area contributed by atoms with Gasteiger partial charge in [0.15, 0.2) is 0 Å². The average molecular weight is 186 g/mol. The predicted molar refractivity (Wildman–Crippen MR) is 50.4 cm³/mol. The molecule has 0 spiro atoms. The van der Waals surface area contributed by atoms with Gasteiger partial charge in [0.25, 0.3) is 0 Å². The summed E-state index contributed by atoms with van der Waals surface area (Å²) < 4.78 is 0. The molecular weight excluding hydrogens is 169 g/mol. The van der Waals surface area contributed by atoms with E-state index in [1.54, 1.807) is 0 Å². The SMILES string of the molecule is CCN(CC)[C@@H](C)CCl.Cl. The monoisotopic (exact) mass is 185 g/mol. The lowest BCUT2D eigenvalue weighted by molar-refractivity contribution is 0.249. The van der Waals surface area contributed by atoms with E-state index >= 15 is 0 Å². The highest BCUT2D eigenvalue weighted by Crippen LogP contribution is 1.98. The number of nitrogens with zero attached hydrogens (tertiary/aromatic N) is 1. The van der Waals surface area contributed by atoms with Crippen molar-refractivity contribution in [3.05, 3.63) is 0 Å². The van der Waals surface area contributed by atoms with Gasteiger partial charge in [-0.3, -0.25) is 0 Å². The molecule has 0 rings (SSSR count). The van der Waals surface area contributed by atoms with E-state index < -0.39 is 0 Å². The molecule has 1 atom stereocenters. The number of hydrogen-bond acceptors (Lipinski definition) is 1. The molecule has 1 nitrogen and oxygen atoms in total. The van der Waals surface area contributed by atoms with Gasteiger partial charge in [-0.25, -0.2) is 0 Å². The van der Waals surface area contributed by atoms with Crippen molar-refractivity contribution in [1.82, 2.24) is 4.90 Å². The van der Waals surface area contributed by atoms with Gasteiger partial charge in [-0.1, -0.05) is 13.8 Å². The third-order valence-corrected chi connectivity index (χ3v) is 2.11. The first-order chi connectivity index (χ1) is 4.26. The summed E-state index contributed by atoms with van der Waals surface area (Å²) in [6.45, 7) is 8.67. The molecule has 10 heavy (non-hydrogen) atoms. The predicted octanol–water partition coefficient (Wildman–Crippen LogP) is 2.38. The Labute approximate surface area is 75.1 Å². The maximum absolute atomic E-state index is 5.66. The Hall–Kier alpha value is 0.540. The summed E-state index contributed by atoms with van der Waals surface area (Å²) in [5.41, 5.74) is 0. The van der Waals surface area contributed by atoms with Crippen LogP contribution in [0, 0.1) is 0 Å². The van der Waals surface area contributed by atoms with Crippen molar-refractivity contribution in [2.24, 2.45) is 0 Å². The average Bonchev–Trinajstić information content (AvgIpc) is 1.90. The van der Waals surface area contributed by atoms with Gasteiger partial charge >= 0.3 is 0 Å². The zero-order valence-corrected chi connectivity index (χ0v) is 8.50. The van der Waals surface area contributed by atoms with Gasteiger partial charge in [0.1, 0.15) is 0 Å². The smallest absolute Gasteiger partial charge is 0.0376 e. The molecule has 0 aliphatic carbocycles. The highest BCUT2D eigenvalue weighted by molar-refractivity contribution is 6.18. The van der Waals surface area contributed by atoms with Gasteiger partial charge in [-0.2, -0.15) is 0 Å². The zero-order chi connectivity index (χ0) is 7.28. The summed E-state index contributed by atoms with van der Waals surface area (Å²) in [6.07, 6.45) is 0. The Bertz CT molecular complexity index is 64.6. The minimum atomic E-state index is 0. The molecule has 0 amide bonds. The second-order valence-corrected chi connectivity index (χ2v) is 2.53. The Kier molecular flexibility index (Phi) is 10.1. The number of alkyl halides is 1. The molecule has 0 saturated heterocycles. The molecule has 3 heteroatoms. The lowest BCUT2D eigenvalue weighted by Gasteiger charge is -2.23. The molecule has 64 valence electrons. The number of halogens is 2. The van der Waals surface area contributed by atoms with E-state index in [1.165, 1.54) is 0 Å². The number of rotatable bonds is 4. The van der Waals surface area contributed by atoms with E-state index in [4.69, 9.17) is 11.6 Å². The van der Waals surface area contributed by atoms with E-state index in [1.807, 2.05) is 0 Å². The minimum absolute atomic E-state index is 0. The highest BCUT2D eigenvalue weighted by atomic mass is 35.5. The maximum Gasteiger partial charge on any atom is 0.0376 e. The Balaban J connectivity index is 0. The Morgan fingerprint density at radius 3 is 1.80 bits per heavy atom. The summed E-state index contributed by atoms with van der Waals surface area (Å²) in [7, 11) is 0. The van der Waals surface area contributed by atoms with Crippen LogP contribution in [0.3, 0.4) is 0 Å². The van der Waals surface area contributed by atoms with Crippen molar-refractivity contribution in [3.8, 4) is 0 Å². The van der Waals surface area contributed by atoms with E-state index in [2.05, 4.69) is 25.7 Å². The van der Waals surface area contributed by atoms with Crippen LogP contribution in [0.2, 0.25) is 0 Å². The lowest BCUT2D eigenvalue weighted by Crippen LogP contribution is -2.33. The van der Waals surface area contributed by atoms with Crippen LogP contribution in [0.15, 0.2) is 0 Å².